The molecule has 0 unspecified atom stereocenters. The number of benzene rings is 2. The molecule has 0 aromatic heterocycles. The molecular weight excluding hydrogens is 345 g/mol. The zero-order valence-electron chi connectivity index (χ0n) is 12.1. The van der Waals surface area contributed by atoms with Crippen molar-refractivity contribution in [2.24, 2.45) is 0 Å². The van der Waals surface area contributed by atoms with E-state index < -0.39 is 10.0 Å². The second kappa shape index (κ2) is 6.87. The Labute approximate surface area is 140 Å². The monoisotopic (exact) mass is 359 g/mol. The molecule has 0 atom stereocenters. The lowest BCUT2D eigenvalue weighted by molar-refractivity contribution is 0.414. The SMILES string of the molecule is COc1ccc(CN(C)S(=O)(=O)c2cc(Cl)ccc2Cl)cc1. The van der Waals surface area contributed by atoms with Crippen LogP contribution in [0.4, 0.5) is 0 Å². The Morgan fingerprint density at radius 2 is 1.73 bits per heavy atom. The summed E-state index contributed by atoms with van der Waals surface area (Å²) in [5, 5.41) is 0.465. The lowest BCUT2D eigenvalue weighted by atomic mass is 10.2. The molecule has 2 rings (SSSR count). The molecule has 0 heterocycles. The van der Waals surface area contributed by atoms with Gasteiger partial charge in [-0.25, -0.2) is 8.42 Å². The molecule has 0 radical (unpaired) electrons. The van der Waals surface area contributed by atoms with Crippen LogP contribution in [-0.2, 0) is 16.6 Å². The number of halogens is 2. The van der Waals surface area contributed by atoms with Gasteiger partial charge >= 0.3 is 0 Å². The summed E-state index contributed by atoms with van der Waals surface area (Å²) in [5.41, 5.74) is 0.838. The van der Waals surface area contributed by atoms with Gasteiger partial charge in [-0.15, -0.1) is 0 Å². The van der Waals surface area contributed by atoms with E-state index in [1.165, 1.54) is 23.5 Å². The molecule has 0 aliphatic heterocycles. The number of methoxy groups -OCH3 is 1. The number of hydrogen-bond acceptors (Lipinski definition) is 3. The van der Waals surface area contributed by atoms with Gasteiger partial charge in [0.25, 0.3) is 0 Å². The van der Waals surface area contributed by atoms with E-state index in [0.717, 1.165) is 5.56 Å². The second-order valence-corrected chi connectivity index (χ2v) is 7.54. The minimum atomic E-state index is -3.72. The molecule has 0 amide bonds. The largest absolute Gasteiger partial charge is 0.497 e. The second-order valence-electron chi connectivity index (χ2n) is 4.68. The highest BCUT2D eigenvalue weighted by molar-refractivity contribution is 7.89. The topological polar surface area (TPSA) is 46.6 Å². The van der Waals surface area contributed by atoms with Gasteiger partial charge in [0.15, 0.2) is 0 Å². The van der Waals surface area contributed by atoms with Gasteiger partial charge in [-0.05, 0) is 35.9 Å². The van der Waals surface area contributed by atoms with Gasteiger partial charge in [0, 0.05) is 18.6 Å². The number of nitrogens with zero attached hydrogens (tertiary/aromatic N) is 1. The first-order chi connectivity index (χ1) is 10.3. The van der Waals surface area contributed by atoms with Crippen molar-refractivity contribution in [2.75, 3.05) is 14.2 Å². The first-order valence-corrected chi connectivity index (χ1v) is 8.58. The highest BCUT2D eigenvalue weighted by Crippen LogP contribution is 2.28. The Morgan fingerprint density at radius 3 is 2.32 bits per heavy atom. The van der Waals surface area contributed by atoms with Crippen molar-refractivity contribution in [1.82, 2.24) is 4.31 Å². The van der Waals surface area contributed by atoms with Crippen molar-refractivity contribution in [3.63, 3.8) is 0 Å². The van der Waals surface area contributed by atoms with Gasteiger partial charge in [-0.2, -0.15) is 4.31 Å². The summed E-state index contributed by atoms with van der Waals surface area (Å²) in [6.45, 7) is 0.217. The van der Waals surface area contributed by atoms with Crippen LogP contribution >= 0.6 is 23.2 Å². The maximum atomic E-state index is 12.6. The van der Waals surface area contributed by atoms with Gasteiger partial charge in [-0.3, -0.25) is 0 Å². The van der Waals surface area contributed by atoms with Crippen LogP contribution in [0, 0.1) is 0 Å². The van der Waals surface area contributed by atoms with Crippen LogP contribution in [0.25, 0.3) is 0 Å². The van der Waals surface area contributed by atoms with Crippen LogP contribution in [0.3, 0.4) is 0 Å². The summed E-state index contributed by atoms with van der Waals surface area (Å²) in [6, 6.07) is 11.5. The molecular formula is C15H15Cl2NO3S. The van der Waals surface area contributed by atoms with Crippen LogP contribution < -0.4 is 4.74 Å². The summed E-state index contributed by atoms with van der Waals surface area (Å²) in [6.07, 6.45) is 0. The van der Waals surface area contributed by atoms with Gasteiger partial charge in [0.2, 0.25) is 10.0 Å². The Kier molecular flexibility index (Phi) is 5.34. The van der Waals surface area contributed by atoms with Crippen LogP contribution in [0.5, 0.6) is 5.75 Å². The third-order valence-corrected chi connectivity index (χ3v) is 5.67. The van der Waals surface area contributed by atoms with Crippen LogP contribution in [0.2, 0.25) is 10.0 Å². The van der Waals surface area contributed by atoms with Crippen LogP contribution in [0.1, 0.15) is 5.56 Å². The van der Waals surface area contributed by atoms with Crippen molar-refractivity contribution in [3.05, 3.63) is 58.1 Å². The smallest absolute Gasteiger partial charge is 0.244 e. The first-order valence-electron chi connectivity index (χ1n) is 6.39. The highest BCUT2D eigenvalue weighted by atomic mass is 35.5. The van der Waals surface area contributed by atoms with E-state index >= 15 is 0 Å². The van der Waals surface area contributed by atoms with E-state index in [1.54, 1.807) is 25.3 Å². The zero-order chi connectivity index (χ0) is 16.3. The predicted molar refractivity (Wildman–Crippen MR) is 88.1 cm³/mol. The van der Waals surface area contributed by atoms with Crippen molar-refractivity contribution < 1.29 is 13.2 Å². The Balaban J connectivity index is 2.26. The number of hydrogen-bond donors (Lipinski definition) is 0. The molecule has 0 saturated heterocycles. The molecule has 0 N–H and O–H groups in total. The van der Waals surface area contributed by atoms with E-state index in [4.69, 9.17) is 27.9 Å². The van der Waals surface area contributed by atoms with Crippen molar-refractivity contribution >= 4 is 33.2 Å². The molecule has 4 nitrogen and oxygen atoms in total. The summed E-state index contributed by atoms with van der Waals surface area (Å²) in [5.74, 6) is 0.715. The molecule has 118 valence electrons. The molecule has 2 aromatic carbocycles. The molecule has 0 aliphatic rings. The molecule has 0 saturated carbocycles. The Morgan fingerprint density at radius 1 is 1.09 bits per heavy atom. The number of ether oxygens (including phenoxy) is 1. The Bertz CT molecular complexity index is 761. The minimum absolute atomic E-state index is 0.00215. The standard InChI is InChI=1S/C15H15Cl2NO3S/c1-18(10-11-3-6-13(21-2)7-4-11)22(19,20)15-9-12(16)5-8-14(15)17/h3-9H,10H2,1-2H3. The molecule has 2 aromatic rings. The lowest BCUT2D eigenvalue weighted by Gasteiger charge is -2.18. The van der Waals surface area contributed by atoms with Crippen molar-refractivity contribution in [2.45, 2.75) is 11.4 Å². The fourth-order valence-electron chi connectivity index (χ4n) is 1.92. The molecule has 0 spiro atoms. The summed E-state index contributed by atoms with van der Waals surface area (Å²) < 4.78 is 31.5. The minimum Gasteiger partial charge on any atom is -0.497 e. The maximum Gasteiger partial charge on any atom is 0.244 e. The predicted octanol–water partition coefficient (Wildman–Crippen LogP) is 3.82. The van der Waals surface area contributed by atoms with Crippen LogP contribution in [-0.4, -0.2) is 26.9 Å². The molecule has 0 aliphatic carbocycles. The third-order valence-electron chi connectivity index (χ3n) is 3.15. The quantitative estimate of drug-likeness (QED) is 0.814. The van der Waals surface area contributed by atoms with Gasteiger partial charge in [0.1, 0.15) is 10.6 Å². The van der Waals surface area contributed by atoms with E-state index in [9.17, 15) is 8.42 Å². The summed E-state index contributed by atoms with van der Waals surface area (Å²) in [4.78, 5) is -0.00215. The zero-order valence-corrected chi connectivity index (χ0v) is 14.4. The fraction of sp³-hybridized carbons (Fsp3) is 0.200. The van der Waals surface area contributed by atoms with E-state index in [2.05, 4.69) is 0 Å². The normalized spacial score (nSPS) is 11.7. The summed E-state index contributed by atoms with van der Waals surface area (Å²) >= 11 is 11.9. The third kappa shape index (κ3) is 3.73. The van der Waals surface area contributed by atoms with Gasteiger partial charge in [0.05, 0.1) is 12.1 Å². The van der Waals surface area contributed by atoms with E-state index in [0.29, 0.717) is 10.8 Å². The Hall–Kier alpha value is -1.27. The lowest BCUT2D eigenvalue weighted by Crippen LogP contribution is -2.26. The average molecular weight is 360 g/mol. The molecule has 22 heavy (non-hydrogen) atoms. The van der Waals surface area contributed by atoms with Crippen LogP contribution in [0.15, 0.2) is 47.4 Å². The average Bonchev–Trinajstić information content (AvgIpc) is 2.50. The van der Waals surface area contributed by atoms with Gasteiger partial charge < -0.3 is 4.74 Å². The van der Waals surface area contributed by atoms with E-state index in [1.807, 2.05) is 12.1 Å². The summed E-state index contributed by atoms with van der Waals surface area (Å²) in [7, 11) is -0.647. The first kappa shape index (κ1) is 17.1. The van der Waals surface area contributed by atoms with Crippen molar-refractivity contribution in [3.8, 4) is 5.75 Å². The van der Waals surface area contributed by atoms with Crippen molar-refractivity contribution in [1.29, 1.82) is 0 Å². The highest BCUT2D eigenvalue weighted by Gasteiger charge is 2.24. The molecule has 7 heteroatoms. The maximum absolute atomic E-state index is 12.6. The number of rotatable bonds is 5. The number of sulfonamides is 1. The molecule has 0 fully saturated rings. The fourth-order valence-corrected chi connectivity index (χ4v) is 3.81. The van der Waals surface area contributed by atoms with Gasteiger partial charge in [-0.1, -0.05) is 35.3 Å². The molecule has 0 bridgehead atoms. The van der Waals surface area contributed by atoms with E-state index in [-0.39, 0.29) is 16.5 Å².